The van der Waals surface area contributed by atoms with Crippen LogP contribution in [0.4, 0.5) is 0 Å². The molecule has 47 heavy (non-hydrogen) atoms. The second-order valence-corrected chi connectivity index (χ2v) is 10.9. The first-order chi connectivity index (χ1) is 22.8. The Hall–Kier alpha value is -5.82. The Morgan fingerprint density at radius 1 is 0.532 bits per heavy atom. The van der Waals surface area contributed by atoms with Crippen LogP contribution in [0.15, 0.2) is 133 Å². The summed E-state index contributed by atoms with van der Waals surface area (Å²) in [6, 6.07) is 38.5. The van der Waals surface area contributed by atoms with Gasteiger partial charge in [-0.3, -0.25) is 9.59 Å². The number of hydrogen-bond acceptors (Lipinski definition) is 7. The summed E-state index contributed by atoms with van der Waals surface area (Å²) in [6.45, 7) is 3.36. The van der Waals surface area contributed by atoms with Gasteiger partial charge in [0.1, 0.15) is 5.75 Å². The lowest BCUT2D eigenvalue weighted by Crippen LogP contribution is -2.23. The maximum atomic E-state index is 13.6. The maximum Gasteiger partial charge on any atom is 0.338 e. The van der Waals surface area contributed by atoms with Gasteiger partial charge in [0.2, 0.25) is 0 Å². The average molecular weight is 627 g/mol. The van der Waals surface area contributed by atoms with Gasteiger partial charge in [-0.1, -0.05) is 104 Å². The van der Waals surface area contributed by atoms with E-state index in [0.717, 1.165) is 17.5 Å². The minimum absolute atomic E-state index is 0.0133. The van der Waals surface area contributed by atoms with Crippen molar-refractivity contribution in [3.8, 4) is 5.75 Å². The highest BCUT2D eigenvalue weighted by Gasteiger charge is 2.32. The third kappa shape index (κ3) is 8.67. The van der Waals surface area contributed by atoms with Crippen molar-refractivity contribution in [2.75, 3.05) is 0 Å². The summed E-state index contributed by atoms with van der Waals surface area (Å²) in [7, 11) is 0. The first-order valence-corrected chi connectivity index (χ1v) is 15.3. The molecule has 0 amide bonds. The molecule has 0 aromatic heterocycles. The smallest absolute Gasteiger partial charge is 0.338 e. The molecule has 236 valence electrons. The zero-order valence-corrected chi connectivity index (χ0v) is 26.1. The number of ketones is 1. The summed E-state index contributed by atoms with van der Waals surface area (Å²) in [4.78, 5) is 51.1. The largest absolute Gasteiger partial charge is 0.450 e. The van der Waals surface area contributed by atoms with Crippen LogP contribution >= 0.6 is 0 Å². The molecular formula is C40H34O7. The zero-order valence-electron chi connectivity index (χ0n) is 26.1. The molecule has 0 radical (unpaired) electrons. The van der Waals surface area contributed by atoms with Crippen molar-refractivity contribution in [1.82, 2.24) is 0 Å². The maximum absolute atomic E-state index is 13.6. The van der Waals surface area contributed by atoms with Crippen LogP contribution in [0.1, 0.15) is 79.4 Å². The lowest BCUT2D eigenvalue weighted by Gasteiger charge is -2.28. The van der Waals surface area contributed by atoms with E-state index in [2.05, 4.69) is 6.92 Å². The molecule has 0 aliphatic rings. The first kappa shape index (κ1) is 32.6. The van der Waals surface area contributed by atoms with Gasteiger partial charge in [-0.05, 0) is 65.1 Å². The van der Waals surface area contributed by atoms with E-state index in [9.17, 15) is 19.2 Å². The quantitative estimate of drug-likeness (QED) is 0.0784. The number of esters is 3. The van der Waals surface area contributed by atoms with E-state index >= 15 is 0 Å². The van der Waals surface area contributed by atoms with E-state index in [1.807, 2.05) is 60.7 Å². The monoisotopic (exact) mass is 626 g/mol. The minimum atomic E-state index is -1.00. The fourth-order valence-corrected chi connectivity index (χ4v) is 5.06. The fourth-order valence-electron chi connectivity index (χ4n) is 5.06. The number of carbonyl (C=O) groups excluding carboxylic acids is 4. The first-order valence-electron chi connectivity index (χ1n) is 15.3. The van der Waals surface area contributed by atoms with Crippen molar-refractivity contribution < 1.29 is 33.4 Å². The fraction of sp³-hybridized carbons (Fsp3) is 0.150. The van der Waals surface area contributed by atoms with Gasteiger partial charge in [-0.2, -0.15) is 0 Å². The molecule has 0 fully saturated rings. The van der Waals surface area contributed by atoms with Gasteiger partial charge in [0.25, 0.3) is 0 Å². The van der Waals surface area contributed by atoms with E-state index in [-0.39, 0.29) is 23.3 Å². The predicted molar refractivity (Wildman–Crippen MR) is 177 cm³/mol. The molecule has 0 N–H and O–H groups in total. The molecule has 0 unspecified atom stereocenters. The van der Waals surface area contributed by atoms with E-state index in [4.69, 9.17) is 14.2 Å². The highest BCUT2D eigenvalue weighted by molar-refractivity contribution is 5.97. The van der Waals surface area contributed by atoms with Crippen LogP contribution in [0.5, 0.6) is 5.75 Å². The van der Waals surface area contributed by atoms with Crippen LogP contribution in [0.25, 0.3) is 0 Å². The molecule has 5 rings (SSSR count). The molecule has 0 spiro atoms. The number of benzene rings is 5. The van der Waals surface area contributed by atoms with Gasteiger partial charge in [-0.25, -0.2) is 9.59 Å². The summed E-state index contributed by atoms with van der Waals surface area (Å²) < 4.78 is 17.2. The molecule has 0 aliphatic carbocycles. The zero-order chi connectivity index (χ0) is 33.2. The molecule has 7 heteroatoms. The molecule has 0 saturated carbocycles. The second kappa shape index (κ2) is 15.5. The summed E-state index contributed by atoms with van der Waals surface area (Å²) in [5.74, 6) is -1.46. The highest BCUT2D eigenvalue weighted by Crippen LogP contribution is 2.37. The van der Waals surface area contributed by atoms with Gasteiger partial charge in [0, 0.05) is 18.9 Å². The highest BCUT2D eigenvalue weighted by atomic mass is 16.6. The lowest BCUT2D eigenvalue weighted by molar-refractivity contribution is -0.131. The molecular weight excluding hydrogens is 592 g/mol. The van der Waals surface area contributed by atoms with Crippen LogP contribution in [0, 0.1) is 0 Å². The molecule has 0 bridgehead atoms. The number of hydrogen-bond donors (Lipinski definition) is 0. The van der Waals surface area contributed by atoms with Crippen LogP contribution in [0.3, 0.4) is 0 Å². The molecule has 0 heterocycles. The Morgan fingerprint density at radius 2 is 0.957 bits per heavy atom. The van der Waals surface area contributed by atoms with Crippen LogP contribution < -0.4 is 4.74 Å². The average Bonchev–Trinajstić information content (AvgIpc) is 3.10. The Labute approximate surface area is 273 Å². The molecule has 5 aromatic rings. The molecule has 0 saturated heterocycles. The van der Waals surface area contributed by atoms with E-state index in [0.29, 0.717) is 22.4 Å². The Balaban J connectivity index is 1.37. The summed E-state index contributed by atoms with van der Waals surface area (Å²) in [5, 5.41) is 0. The van der Waals surface area contributed by atoms with Gasteiger partial charge < -0.3 is 14.2 Å². The number of aryl methyl sites for hydroxylation is 1. The summed E-state index contributed by atoms with van der Waals surface area (Å²) in [5.41, 5.74) is 4.33. The van der Waals surface area contributed by atoms with Crippen LogP contribution in [-0.4, -0.2) is 23.7 Å². The van der Waals surface area contributed by atoms with Crippen molar-refractivity contribution in [2.45, 2.75) is 38.9 Å². The number of rotatable bonds is 12. The topological polar surface area (TPSA) is 96.0 Å². The van der Waals surface area contributed by atoms with Gasteiger partial charge >= 0.3 is 17.9 Å². The van der Waals surface area contributed by atoms with E-state index < -0.39 is 30.1 Å². The SMILES string of the molecule is CCc1ccc(C(=O)Cc2ccc(C(=O)O[C@H](c3ccccc3)[C@H](OC(=O)c3ccc(OC(C)=O)cc3)c3ccccc3)cc2)cc1. The summed E-state index contributed by atoms with van der Waals surface area (Å²) in [6.07, 6.45) is -0.901. The van der Waals surface area contributed by atoms with Crippen molar-refractivity contribution in [2.24, 2.45) is 0 Å². The van der Waals surface area contributed by atoms with Crippen molar-refractivity contribution in [3.63, 3.8) is 0 Å². The Bertz CT molecular complexity index is 1810. The lowest BCUT2D eigenvalue weighted by atomic mass is 9.97. The van der Waals surface area contributed by atoms with Crippen molar-refractivity contribution in [1.29, 1.82) is 0 Å². The molecule has 5 aromatic carbocycles. The van der Waals surface area contributed by atoms with Gasteiger partial charge in [0.15, 0.2) is 18.0 Å². The summed E-state index contributed by atoms with van der Waals surface area (Å²) >= 11 is 0. The Kier molecular flexibility index (Phi) is 10.7. The third-order valence-corrected chi connectivity index (χ3v) is 7.59. The Morgan fingerprint density at radius 3 is 1.40 bits per heavy atom. The van der Waals surface area contributed by atoms with Crippen LogP contribution in [-0.2, 0) is 27.1 Å². The predicted octanol–water partition coefficient (Wildman–Crippen LogP) is 8.10. The number of ether oxygens (including phenoxy) is 3. The van der Waals surface area contributed by atoms with Gasteiger partial charge in [-0.15, -0.1) is 0 Å². The van der Waals surface area contributed by atoms with E-state index in [1.165, 1.54) is 31.2 Å². The van der Waals surface area contributed by atoms with Crippen molar-refractivity contribution >= 4 is 23.7 Å². The number of Topliss-reactive ketones (excluding diaryl/α,β-unsaturated/α-hetero) is 1. The van der Waals surface area contributed by atoms with Gasteiger partial charge in [0.05, 0.1) is 11.1 Å². The van der Waals surface area contributed by atoms with Crippen molar-refractivity contribution in [3.05, 3.63) is 172 Å². The molecule has 7 nitrogen and oxygen atoms in total. The van der Waals surface area contributed by atoms with Crippen LogP contribution in [0.2, 0.25) is 0 Å². The molecule has 2 atom stereocenters. The minimum Gasteiger partial charge on any atom is -0.450 e. The normalized spacial score (nSPS) is 12.0. The third-order valence-electron chi connectivity index (χ3n) is 7.59. The number of carbonyl (C=O) groups is 4. The second-order valence-electron chi connectivity index (χ2n) is 10.9. The standard InChI is InChI=1S/C40H34O7/c1-3-28-14-18-30(19-15-28)36(42)26-29-16-20-33(21-17-29)39(43)46-37(31-10-6-4-7-11-31)38(32-12-8-5-9-13-32)47-40(44)34-22-24-35(25-23-34)45-27(2)41/h4-25,37-38H,3,26H2,1-2H3/t37-,38-/m1/s1. The molecule has 0 aliphatic heterocycles. The van der Waals surface area contributed by atoms with E-state index in [1.54, 1.807) is 48.5 Å².